The van der Waals surface area contributed by atoms with Crippen molar-refractivity contribution in [1.29, 1.82) is 0 Å². The highest BCUT2D eigenvalue weighted by Gasteiger charge is 2.36. The van der Waals surface area contributed by atoms with Crippen LogP contribution in [0.2, 0.25) is 0 Å². The molecule has 7 heteroatoms. The maximum Gasteiger partial charge on any atom is 0.237 e. The average Bonchev–Trinajstić information content (AvgIpc) is 2.73. The van der Waals surface area contributed by atoms with Gasteiger partial charge in [0.25, 0.3) is 0 Å². The van der Waals surface area contributed by atoms with Gasteiger partial charge in [-0.05, 0) is 62.8 Å². The van der Waals surface area contributed by atoms with Gasteiger partial charge in [0.05, 0.1) is 12.1 Å². The second kappa shape index (κ2) is 9.71. The van der Waals surface area contributed by atoms with Crippen LogP contribution in [0.3, 0.4) is 0 Å². The fourth-order valence-corrected chi connectivity index (χ4v) is 4.21. The number of amides is 2. The lowest BCUT2D eigenvalue weighted by molar-refractivity contribution is -0.133. The summed E-state index contributed by atoms with van der Waals surface area (Å²) in [6.07, 6.45) is 2.52. The first-order valence-corrected chi connectivity index (χ1v) is 10.4. The number of aromatic nitrogens is 1. The van der Waals surface area contributed by atoms with Crippen molar-refractivity contribution in [3.63, 3.8) is 0 Å². The van der Waals surface area contributed by atoms with Gasteiger partial charge < -0.3 is 16.8 Å². The smallest absolute Gasteiger partial charge is 0.237 e. The molecule has 2 amide bonds. The number of carbonyl (C=O) groups excluding carboxylic acids is 2. The van der Waals surface area contributed by atoms with E-state index >= 15 is 0 Å². The molecule has 30 heavy (non-hydrogen) atoms. The number of carbonyl (C=O) groups is 2. The number of primary amides is 1. The Bertz CT molecular complexity index is 886. The Morgan fingerprint density at radius 1 is 1.23 bits per heavy atom. The number of anilines is 1. The molecule has 0 radical (unpaired) electrons. The molecule has 1 fully saturated rings. The summed E-state index contributed by atoms with van der Waals surface area (Å²) >= 11 is 0. The van der Waals surface area contributed by atoms with E-state index < -0.39 is 12.1 Å². The summed E-state index contributed by atoms with van der Waals surface area (Å²) in [4.78, 5) is 31.1. The predicted molar refractivity (Wildman–Crippen MR) is 117 cm³/mol. The quantitative estimate of drug-likeness (QED) is 0.645. The van der Waals surface area contributed by atoms with Crippen LogP contribution in [0.5, 0.6) is 0 Å². The van der Waals surface area contributed by atoms with Gasteiger partial charge in [-0.2, -0.15) is 0 Å². The molecule has 0 aliphatic carbocycles. The first-order chi connectivity index (χ1) is 14.3. The molecule has 1 aromatic heterocycles. The third-order valence-electron chi connectivity index (χ3n) is 5.99. The van der Waals surface area contributed by atoms with Crippen LogP contribution in [0.25, 0.3) is 0 Å². The number of nitrogens with one attached hydrogen (secondary N) is 1. The summed E-state index contributed by atoms with van der Waals surface area (Å²) < 4.78 is 0. The summed E-state index contributed by atoms with van der Waals surface area (Å²) in [5.74, 6) is 0.337. The second-order valence-electron chi connectivity index (χ2n) is 8.11. The van der Waals surface area contributed by atoms with Gasteiger partial charge in [-0.15, -0.1) is 0 Å². The molecular formula is C23H31N5O2. The van der Waals surface area contributed by atoms with Crippen molar-refractivity contribution in [2.24, 2.45) is 11.7 Å². The summed E-state index contributed by atoms with van der Waals surface area (Å²) in [5, 5.41) is 2.95. The zero-order valence-electron chi connectivity index (χ0n) is 17.7. The van der Waals surface area contributed by atoms with E-state index in [9.17, 15) is 9.59 Å². The maximum absolute atomic E-state index is 12.8. The maximum atomic E-state index is 12.8. The van der Waals surface area contributed by atoms with Crippen molar-refractivity contribution in [1.82, 2.24) is 15.2 Å². The van der Waals surface area contributed by atoms with Crippen LogP contribution in [-0.2, 0) is 22.6 Å². The molecule has 0 spiro atoms. The fraction of sp³-hybridized carbons (Fsp3) is 0.435. The zero-order valence-corrected chi connectivity index (χ0v) is 17.7. The highest BCUT2D eigenvalue weighted by Crippen LogP contribution is 2.27. The van der Waals surface area contributed by atoms with Crippen molar-refractivity contribution in [3.8, 4) is 0 Å². The molecule has 160 valence electrons. The molecular weight excluding hydrogens is 378 g/mol. The molecule has 7 nitrogen and oxygen atoms in total. The SMILES string of the molecule is Cc1nc(N)ccc1CNC(=O)[C@H](C)N1CCC(Cc2ccccc2)CC1C(N)=O. The molecule has 0 bridgehead atoms. The van der Waals surface area contributed by atoms with Crippen LogP contribution in [0, 0.1) is 12.8 Å². The van der Waals surface area contributed by atoms with Crippen molar-refractivity contribution in [2.45, 2.75) is 51.7 Å². The van der Waals surface area contributed by atoms with E-state index in [0.717, 1.165) is 24.1 Å². The third kappa shape index (κ3) is 5.36. The van der Waals surface area contributed by atoms with E-state index in [1.807, 2.05) is 43.0 Å². The molecule has 5 N–H and O–H groups in total. The largest absolute Gasteiger partial charge is 0.384 e. The zero-order chi connectivity index (χ0) is 21.7. The van der Waals surface area contributed by atoms with Gasteiger partial charge in [-0.1, -0.05) is 36.4 Å². The lowest BCUT2D eigenvalue weighted by atomic mass is 9.85. The number of hydrogen-bond acceptors (Lipinski definition) is 5. The number of piperidine rings is 1. The monoisotopic (exact) mass is 409 g/mol. The van der Waals surface area contributed by atoms with Gasteiger partial charge in [0.15, 0.2) is 0 Å². The molecule has 2 heterocycles. The number of aryl methyl sites for hydroxylation is 1. The number of rotatable bonds is 7. The Kier molecular flexibility index (Phi) is 7.05. The van der Waals surface area contributed by atoms with E-state index in [4.69, 9.17) is 11.5 Å². The summed E-state index contributed by atoms with van der Waals surface area (Å²) in [6, 6.07) is 13.0. The first kappa shape index (κ1) is 21.8. The highest BCUT2D eigenvalue weighted by atomic mass is 16.2. The van der Waals surface area contributed by atoms with E-state index in [1.165, 1.54) is 5.56 Å². The van der Waals surface area contributed by atoms with E-state index in [2.05, 4.69) is 22.4 Å². The van der Waals surface area contributed by atoms with Crippen molar-refractivity contribution in [2.75, 3.05) is 12.3 Å². The normalized spacial score (nSPS) is 20.5. The minimum absolute atomic E-state index is 0.126. The molecule has 2 unspecified atom stereocenters. The molecule has 3 rings (SSSR count). The Labute approximate surface area is 177 Å². The van der Waals surface area contributed by atoms with Gasteiger partial charge in [0.1, 0.15) is 5.82 Å². The first-order valence-electron chi connectivity index (χ1n) is 10.4. The van der Waals surface area contributed by atoms with Crippen molar-refractivity contribution >= 4 is 17.6 Å². The van der Waals surface area contributed by atoms with E-state index in [1.54, 1.807) is 6.07 Å². The number of likely N-dealkylation sites (tertiary alicyclic amines) is 1. The van der Waals surface area contributed by atoms with Gasteiger partial charge in [-0.25, -0.2) is 4.98 Å². The lowest BCUT2D eigenvalue weighted by Crippen LogP contribution is -2.57. The number of pyridine rings is 1. The number of nitrogens with two attached hydrogens (primary N) is 2. The summed E-state index contributed by atoms with van der Waals surface area (Å²) in [7, 11) is 0. The van der Waals surface area contributed by atoms with Gasteiger partial charge in [-0.3, -0.25) is 14.5 Å². The Hall–Kier alpha value is -2.93. The standard InChI is InChI=1S/C23H31N5O2/c1-15-19(8-9-21(24)27-15)14-26-23(30)16(2)28-11-10-18(13-20(28)22(25)29)12-17-6-4-3-5-7-17/h3-9,16,18,20H,10-14H2,1-2H3,(H2,24,27)(H2,25,29)(H,26,30)/t16-,18?,20?/m0/s1. The number of hydrogen-bond donors (Lipinski definition) is 3. The molecule has 2 aromatic rings. The summed E-state index contributed by atoms with van der Waals surface area (Å²) in [6.45, 7) is 4.73. The van der Waals surface area contributed by atoms with Crippen LogP contribution in [0.15, 0.2) is 42.5 Å². The molecule has 1 aliphatic rings. The van der Waals surface area contributed by atoms with Gasteiger partial charge in [0.2, 0.25) is 11.8 Å². The molecule has 0 saturated carbocycles. The van der Waals surface area contributed by atoms with Gasteiger partial charge >= 0.3 is 0 Å². The fourth-order valence-electron chi connectivity index (χ4n) is 4.21. The van der Waals surface area contributed by atoms with Crippen LogP contribution in [0.4, 0.5) is 5.82 Å². The van der Waals surface area contributed by atoms with E-state index in [-0.39, 0.29) is 11.8 Å². The number of benzene rings is 1. The van der Waals surface area contributed by atoms with Crippen LogP contribution in [-0.4, -0.2) is 40.3 Å². The minimum atomic E-state index is -0.442. The van der Waals surface area contributed by atoms with Crippen LogP contribution >= 0.6 is 0 Å². The highest BCUT2D eigenvalue weighted by molar-refractivity contribution is 5.84. The molecule has 3 atom stereocenters. The average molecular weight is 410 g/mol. The second-order valence-corrected chi connectivity index (χ2v) is 8.11. The molecule has 1 saturated heterocycles. The van der Waals surface area contributed by atoms with Crippen molar-refractivity contribution in [3.05, 3.63) is 59.3 Å². The Morgan fingerprint density at radius 3 is 2.63 bits per heavy atom. The lowest BCUT2D eigenvalue weighted by Gasteiger charge is -2.40. The topological polar surface area (TPSA) is 114 Å². The van der Waals surface area contributed by atoms with E-state index in [0.29, 0.717) is 31.2 Å². The molecule has 1 aliphatic heterocycles. The van der Waals surface area contributed by atoms with Crippen molar-refractivity contribution < 1.29 is 9.59 Å². The van der Waals surface area contributed by atoms with Gasteiger partial charge in [0, 0.05) is 12.2 Å². The Balaban J connectivity index is 1.60. The number of nitrogen functional groups attached to an aromatic ring is 1. The molecule has 1 aromatic carbocycles. The Morgan fingerprint density at radius 2 is 1.97 bits per heavy atom. The van der Waals surface area contributed by atoms with Crippen LogP contribution < -0.4 is 16.8 Å². The number of nitrogens with zero attached hydrogens (tertiary/aromatic N) is 2. The minimum Gasteiger partial charge on any atom is -0.384 e. The van der Waals surface area contributed by atoms with Crippen LogP contribution in [0.1, 0.15) is 36.6 Å². The third-order valence-corrected chi connectivity index (χ3v) is 5.99. The predicted octanol–water partition coefficient (Wildman–Crippen LogP) is 1.79. The summed E-state index contributed by atoms with van der Waals surface area (Å²) in [5.41, 5.74) is 14.4.